The first-order valence-electron chi connectivity index (χ1n) is 8.02. The minimum Gasteiger partial charge on any atom is -0.493 e. The highest BCUT2D eigenvalue weighted by molar-refractivity contribution is 5.78. The number of benzene rings is 1. The number of aryl methyl sites for hydroxylation is 1. The maximum absolute atomic E-state index is 12.2. The number of nitrogens with one attached hydrogen (secondary N) is 1. The maximum Gasteiger partial charge on any atom is 0.224 e. The van der Waals surface area contributed by atoms with Gasteiger partial charge in [0, 0.05) is 11.9 Å². The van der Waals surface area contributed by atoms with E-state index in [9.17, 15) is 4.79 Å². The van der Waals surface area contributed by atoms with Crippen molar-refractivity contribution in [3.05, 3.63) is 59.5 Å². The van der Waals surface area contributed by atoms with Crippen LogP contribution in [0.1, 0.15) is 17.0 Å². The standard InChI is InChI=1S/C19H21N3O3/c1-13-5-4-6-18-21-15(12-22(13)18)11-20-19(23)10-14-7-8-16(24-2)17(9-14)25-3/h4-9,12H,10-11H2,1-3H3,(H,20,23). The second kappa shape index (κ2) is 7.25. The van der Waals surface area contributed by atoms with E-state index in [2.05, 4.69) is 10.3 Å². The number of nitrogens with zero attached hydrogens (tertiary/aromatic N) is 2. The van der Waals surface area contributed by atoms with Crippen LogP contribution >= 0.6 is 0 Å². The Morgan fingerprint density at radius 3 is 2.68 bits per heavy atom. The van der Waals surface area contributed by atoms with Crippen LogP contribution in [-0.2, 0) is 17.8 Å². The van der Waals surface area contributed by atoms with Crippen molar-refractivity contribution in [1.29, 1.82) is 0 Å². The van der Waals surface area contributed by atoms with E-state index >= 15 is 0 Å². The molecule has 0 aliphatic rings. The SMILES string of the molecule is COc1ccc(CC(=O)NCc2cn3c(C)cccc3n2)cc1OC. The first-order chi connectivity index (χ1) is 12.1. The van der Waals surface area contributed by atoms with Crippen LogP contribution < -0.4 is 14.8 Å². The summed E-state index contributed by atoms with van der Waals surface area (Å²) in [4.78, 5) is 16.7. The summed E-state index contributed by atoms with van der Waals surface area (Å²) in [6, 6.07) is 11.4. The molecule has 0 saturated heterocycles. The zero-order valence-electron chi connectivity index (χ0n) is 14.6. The molecular weight excluding hydrogens is 318 g/mol. The molecular formula is C19H21N3O3. The fourth-order valence-electron chi connectivity index (χ4n) is 2.71. The van der Waals surface area contributed by atoms with Crippen LogP contribution in [0.5, 0.6) is 11.5 Å². The van der Waals surface area contributed by atoms with Crippen LogP contribution in [0, 0.1) is 6.92 Å². The number of hydrogen-bond acceptors (Lipinski definition) is 4. The molecule has 0 aliphatic heterocycles. The largest absolute Gasteiger partial charge is 0.493 e. The molecule has 1 N–H and O–H groups in total. The van der Waals surface area contributed by atoms with E-state index < -0.39 is 0 Å². The molecule has 0 unspecified atom stereocenters. The normalized spacial score (nSPS) is 10.7. The van der Waals surface area contributed by atoms with Gasteiger partial charge in [0.2, 0.25) is 5.91 Å². The van der Waals surface area contributed by atoms with Crippen molar-refractivity contribution < 1.29 is 14.3 Å². The number of carbonyl (C=O) groups excluding carboxylic acids is 1. The molecule has 0 saturated carbocycles. The summed E-state index contributed by atoms with van der Waals surface area (Å²) in [5, 5.41) is 2.91. The van der Waals surface area contributed by atoms with Gasteiger partial charge in [-0.05, 0) is 36.8 Å². The smallest absolute Gasteiger partial charge is 0.224 e. The molecule has 0 fully saturated rings. The summed E-state index contributed by atoms with van der Waals surface area (Å²) in [6.45, 7) is 2.42. The van der Waals surface area contributed by atoms with Gasteiger partial charge in [0.25, 0.3) is 0 Å². The lowest BCUT2D eigenvalue weighted by Gasteiger charge is -2.09. The minimum absolute atomic E-state index is 0.0685. The summed E-state index contributed by atoms with van der Waals surface area (Å²) >= 11 is 0. The van der Waals surface area contributed by atoms with Gasteiger partial charge in [-0.3, -0.25) is 4.79 Å². The molecule has 0 spiro atoms. The highest BCUT2D eigenvalue weighted by Crippen LogP contribution is 2.27. The Morgan fingerprint density at radius 2 is 1.96 bits per heavy atom. The molecule has 130 valence electrons. The van der Waals surface area contributed by atoms with Gasteiger partial charge in [-0.15, -0.1) is 0 Å². The summed E-state index contributed by atoms with van der Waals surface area (Å²) in [7, 11) is 3.16. The molecule has 0 aliphatic carbocycles. The topological polar surface area (TPSA) is 64.9 Å². The summed E-state index contributed by atoms with van der Waals surface area (Å²) < 4.78 is 12.5. The molecule has 0 atom stereocenters. The van der Waals surface area contributed by atoms with Crippen LogP contribution in [0.3, 0.4) is 0 Å². The summed E-state index contributed by atoms with van der Waals surface area (Å²) in [5.74, 6) is 1.19. The number of fused-ring (bicyclic) bond motifs is 1. The van der Waals surface area contributed by atoms with Gasteiger partial charge in [0.1, 0.15) is 5.65 Å². The molecule has 2 heterocycles. The number of hydrogen-bond donors (Lipinski definition) is 1. The number of ether oxygens (including phenoxy) is 2. The number of methoxy groups -OCH3 is 2. The fraction of sp³-hybridized carbons (Fsp3) is 0.263. The lowest BCUT2D eigenvalue weighted by Crippen LogP contribution is -2.24. The van der Waals surface area contributed by atoms with E-state index in [0.29, 0.717) is 18.0 Å². The zero-order valence-corrected chi connectivity index (χ0v) is 14.6. The molecule has 6 heteroatoms. The molecule has 1 amide bonds. The molecule has 1 aromatic carbocycles. The second-order valence-electron chi connectivity index (χ2n) is 5.77. The minimum atomic E-state index is -0.0685. The number of rotatable bonds is 6. The lowest BCUT2D eigenvalue weighted by molar-refractivity contribution is -0.120. The Hall–Kier alpha value is -3.02. The average Bonchev–Trinajstić information content (AvgIpc) is 3.04. The van der Waals surface area contributed by atoms with E-state index in [1.807, 2.05) is 47.9 Å². The molecule has 25 heavy (non-hydrogen) atoms. The predicted molar refractivity (Wildman–Crippen MR) is 95.0 cm³/mol. The van der Waals surface area contributed by atoms with E-state index in [4.69, 9.17) is 9.47 Å². The van der Waals surface area contributed by atoms with Crippen molar-refractivity contribution >= 4 is 11.6 Å². The summed E-state index contributed by atoms with van der Waals surface area (Å²) in [5.41, 5.74) is 3.67. The number of imidazole rings is 1. The fourth-order valence-corrected chi connectivity index (χ4v) is 2.71. The second-order valence-corrected chi connectivity index (χ2v) is 5.77. The Kier molecular flexibility index (Phi) is 4.88. The Morgan fingerprint density at radius 1 is 1.16 bits per heavy atom. The van der Waals surface area contributed by atoms with E-state index in [0.717, 1.165) is 22.6 Å². The number of aromatic nitrogens is 2. The van der Waals surface area contributed by atoms with Crippen LogP contribution in [0.15, 0.2) is 42.6 Å². The molecule has 0 radical (unpaired) electrons. The first kappa shape index (κ1) is 16.8. The zero-order chi connectivity index (χ0) is 17.8. The van der Waals surface area contributed by atoms with Gasteiger partial charge in [0.15, 0.2) is 11.5 Å². The van der Waals surface area contributed by atoms with Crippen molar-refractivity contribution in [2.75, 3.05) is 14.2 Å². The van der Waals surface area contributed by atoms with Gasteiger partial charge in [0.05, 0.1) is 32.9 Å². The number of amides is 1. The number of pyridine rings is 1. The molecule has 6 nitrogen and oxygen atoms in total. The van der Waals surface area contributed by atoms with Gasteiger partial charge < -0.3 is 19.2 Å². The molecule has 2 aromatic heterocycles. The third-order valence-electron chi connectivity index (χ3n) is 4.03. The van der Waals surface area contributed by atoms with Crippen molar-refractivity contribution in [2.45, 2.75) is 19.9 Å². The van der Waals surface area contributed by atoms with Gasteiger partial charge in [-0.2, -0.15) is 0 Å². The molecule has 0 bridgehead atoms. The lowest BCUT2D eigenvalue weighted by atomic mass is 10.1. The maximum atomic E-state index is 12.2. The van der Waals surface area contributed by atoms with Gasteiger partial charge in [-0.1, -0.05) is 12.1 Å². The Balaban J connectivity index is 1.63. The average molecular weight is 339 g/mol. The first-order valence-corrected chi connectivity index (χ1v) is 8.02. The van der Waals surface area contributed by atoms with Crippen LogP contribution in [-0.4, -0.2) is 29.5 Å². The Bertz CT molecular complexity index is 902. The highest BCUT2D eigenvalue weighted by atomic mass is 16.5. The number of carbonyl (C=O) groups is 1. The van der Waals surface area contributed by atoms with Crippen LogP contribution in [0.2, 0.25) is 0 Å². The van der Waals surface area contributed by atoms with Crippen molar-refractivity contribution in [3.8, 4) is 11.5 Å². The van der Waals surface area contributed by atoms with Crippen molar-refractivity contribution in [2.24, 2.45) is 0 Å². The summed E-state index contributed by atoms with van der Waals surface area (Å²) in [6.07, 6.45) is 2.22. The third-order valence-corrected chi connectivity index (χ3v) is 4.03. The molecule has 3 aromatic rings. The predicted octanol–water partition coefficient (Wildman–Crippen LogP) is 2.52. The van der Waals surface area contributed by atoms with Gasteiger partial charge >= 0.3 is 0 Å². The van der Waals surface area contributed by atoms with E-state index in [1.54, 1.807) is 20.3 Å². The molecule has 3 rings (SSSR count). The third kappa shape index (κ3) is 3.74. The highest BCUT2D eigenvalue weighted by Gasteiger charge is 2.09. The van der Waals surface area contributed by atoms with E-state index in [1.165, 1.54) is 0 Å². The van der Waals surface area contributed by atoms with E-state index in [-0.39, 0.29) is 12.3 Å². The quantitative estimate of drug-likeness (QED) is 0.749. The monoisotopic (exact) mass is 339 g/mol. The van der Waals surface area contributed by atoms with Crippen LogP contribution in [0.25, 0.3) is 5.65 Å². The van der Waals surface area contributed by atoms with Crippen molar-refractivity contribution in [3.63, 3.8) is 0 Å². The van der Waals surface area contributed by atoms with Crippen molar-refractivity contribution in [1.82, 2.24) is 14.7 Å². The van der Waals surface area contributed by atoms with Gasteiger partial charge in [-0.25, -0.2) is 4.98 Å². The van der Waals surface area contributed by atoms with Crippen LogP contribution in [0.4, 0.5) is 0 Å². The Labute approximate surface area is 146 Å².